The first-order valence-corrected chi connectivity index (χ1v) is 13.4. The van der Waals surface area contributed by atoms with Gasteiger partial charge in [0, 0.05) is 33.0 Å². The number of carbonyl (C=O) groups excluding carboxylic acids is 4. The van der Waals surface area contributed by atoms with Crippen molar-refractivity contribution in [3.63, 3.8) is 0 Å². The predicted molar refractivity (Wildman–Crippen MR) is 157 cm³/mol. The van der Waals surface area contributed by atoms with Crippen LogP contribution in [0.4, 0.5) is 11.4 Å². The summed E-state index contributed by atoms with van der Waals surface area (Å²) in [4.78, 5) is 57.2. The number of benzene rings is 4. The molecular weight excluding hydrogens is 500 g/mol. The lowest BCUT2D eigenvalue weighted by Crippen LogP contribution is -2.43. The van der Waals surface area contributed by atoms with Crippen molar-refractivity contribution in [2.45, 2.75) is 52.4 Å². The Balaban J connectivity index is 1.45. The molecule has 2 aliphatic rings. The molecule has 4 aromatic rings. The first-order valence-electron chi connectivity index (χ1n) is 13.4. The third-order valence-corrected chi connectivity index (χ3v) is 7.88. The van der Waals surface area contributed by atoms with E-state index in [2.05, 4.69) is 41.5 Å². The van der Waals surface area contributed by atoms with Crippen LogP contribution in [0.1, 0.15) is 94.1 Å². The van der Waals surface area contributed by atoms with E-state index in [0.717, 1.165) is 11.1 Å². The summed E-state index contributed by atoms with van der Waals surface area (Å²) in [6.07, 6.45) is 0. The third-order valence-electron chi connectivity index (χ3n) is 7.88. The average molecular weight is 531 g/mol. The topological polar surface area (TPSA) is 74.8 Å². The Hall–Kier alpha value is -4.58. The van der Waals surface area contributed by atoms with Gasteiger partial charge in [-0.25, -0.2) is 9.80 Å². The van der Waals surface area contributed by atoms with Gasteiger partial charge in [0.2, 0.25) is 0 Å². The molecule has 6 nitrogen and oxygen atoms in total. The first kappa shape index (κ1) is 25.7. The van der Waals surface area contributed by atoms with Gasteiger partial charge < -0.3 is 0 Å². The molecule has 2 aliphatic heterocycles. The minimum absolute atomic E-state index is 0.0746. The zero-order valence-corrected chi connectivity index (χ0v) is 23.5. The van der Waals surface area contributed by atoms with Gasteiger partial charge in [0.05, 0.1) is 11.4 Å². The largest absolute Gasteiger partial charge is 0.268 e. The van der Waals surface area contributed by atoms with Crippen molar-refractivity contribution in [3.05, 3.63) is 106 Å². The van der Waals surface area contributed by atoms with Crippen molar-refractivity contribution in [1.82, 2.24) is 0 Å². The average Bonchev–Trinajstić information content (AvgIpc) is 2.90. The van der Waals surface area contributed by atoms with Crippen LogP contribution in [0.2, 0.25) is 0 Å². The van der Waals surface area contributed by atoms with Crippen molar-refractivity contribution in [3.8, 4) is 0 Å². The fraction of sp³-hybridized carbons (Fsp3) is 0.235. The number of hydrogen-bond acceptors (Lipinski definition) is 4. The van der Waals surface area contributed by atoms with Crippen LogP contribution in [0.5, 0.6) is 0 Å². The number of amides is 4. The molecule has 0 aliphatic carbocycles. The van der Waals surface area contributed by atoms with E-state index in [-0.39, 0.29) is 10.8 Å². The van der Waals surface area contributed by atoms with Crippen molar-refractivity contribution >= 4 is 45.8 Å². The molecule has 0 saturated heterocycles. The van der Waals surface area contributed by atoms with Gasteiger partial charge in [0.15, 0.2) is 0 Å². The van der Waals surface area contributed by atoms with E-state index < -0.39 is 23.6 Å². The van der Waals surface area contributed by atoms with Gasteiger partial charge >= 0.3 is 0 Å². The molecule has 0 atom stereocenters. The van der Waals surface area contributed by atoms with Crippen LogP contribution in [0.25, 0.3) is 10.8 Å². The minimum atomic E-state index is -0.482. The zero-order valence-electron chi connectivity index (χ0n) is 23.5. The molecule has 4 aromatic carbocycles. The van der Waals surface area contributed by atoms with E-state index in [1.54, 1.807) is 48.5 Å². The molecule has 0 radical (unpaired) electrons. The SMILES string of the molecule is CC(C)(C)c1ccc(N2C(=O)c3ccc4c5c(ccc(c35)C2=O)C(=O)N(c2ccc(C(C)(C)C)cc2)C4=O)cc1. The van der Waals surface area contributed by atoms with E-state index in [1.165, 1.54) is 9.80 Å². The maximum Gasteiger partial charge on any atom is 0.265 e. The molecule has 0 fully saturated rings. The minimum Gasteiger partial charge on any atom is -0.268 e. The highest BCUT2D eigenvalue weighted by Gasteiger charge is 2.40. The number of carbonyl (C=O) groups is 4. The van der Waals surface area contributed by atoms with Crippen LogP contribution in [0.3, 0.4) is 0 Å². The van der Waals surface area contributed by atoms with E-state index in [4.69, 9.17) is 0 Å². The van der Waals surface area contributed by atoms with Gasteiger partial charge in [-0.2, -0.15) is 0 Å². The van der Waals surface area contributed by atoms with Crippen LogP contribution in [0, 0.1) is 0 Å². The van der Waals surface area contributed by atoms with Crippen LogP contribution in [0.15, 0.2) is 72.8 Å². The van der Waals surface area contributed by atoms with Crippen LogP contribution in [-0.4, -0.2) is 23.6 Å². The maximum atomic E-state index is 13.7. The summed E-state index contributed by atoms with van der Waals surface area (Å²) in [5.41, 5.74) is 4.13. The van der Waals surface area contributed by atoms with Gasteiger partial charge in [0.25, 0.3) is 23.6 Å². The fourth-order valence-electron chi connectivity index (χ4n) is 5.56. The van der Waals surface area contributed by atoms with Crippen molar-refractivity contribution in [2.24, 2.45) is 0 Å². The Bertz CT molecular complexity index is 1570. The summed E-state index contributed by atoms with van der Waals surface area (Å²) < 4.78 is 0. The fourth-order valence-corrected chi connectivity index (χ4v) is 5.56. The van der Waals surface area contributed by atoms with E-state index in [1.807, 2.05) is 24.3 Å². The standard InChI is InChI=1S/C34H30N2O4/c1-33(2,3)19-7-11-21(12-8-19)35-29(37)23-15-17-25-28-26(18-16-24(27(23)28)30(35)38)32(40)36(31(25)39)22-13-9-20(10-14-22)34(4,5)6/h7-18H,1-6H3. The highest BCUT2D eigenvalue weighted by atomic mass is 16.2. The molecule has 0 unspecified atom stereocenters. The highest BCUT2D eigenvalue weighted by molar-refractivity contribution is 6.42. The lowest BCUT2D eigenvalue weighted by atomic mass is 9.85. The lowest BCUT2D eigenvalue weighted by molar-refractivity contribution is 0.0873. The monoisotopic (exact) mass is 530 g/mol. The lowest BCUT2D eigenvalue weighted by Gasteiger charge is -2.32. The second-order valence-corrected chi connectivity index (χ2v) is 12.6. The van der Waals surface area contributed by atoms with E-state index >= 15 is 0 Å². The molecule has 0 bridgehead atoms. The number of nitrogens with zero attached hydrogens (tertiary/aromatic N) is 2. The van der Waals surface area contributed by atoms with Crippen LogP contribution in [-0.2, 0) is 10.8 Å². The van der Waals surface area contributed by atoms with Gasteiger partial charge in [-0.3, -0.25) is 19.2 Å². The molecule has 40 heavy (non-hydrogen) atoms. The Morgan fingerprint density at radius 3 is 0.875 bits per heavy atom. The number of imide groups is 2. The quantitative estimate of drug-likeness (QED) is 0.261. The summed E-state index contributed by atoms with van der Waals surface area (Å²) in [6.45, 7) is 12.6. The van der Waals surface area contributed by atoms with E-state index in [9.17, 15) is 19.2 Å². The van der Waals surface area contributed by atoms with Gasteiger partial charge in [-0.05, 0) is 70.5 Å². The molecule has 4 amide bonds. The molecule has 0 saturated carbocycles. The second-order valence-electron chi connectivity index (χ2n) is 12.6. The van der Waals surface area contributed by atoms with Crippen LogP contribution < -0.4 is 9.80 Å². The van der Waals surface area contributed by atoms with Crippen molar-refractivity contribution in [2.75, 3.05) is 9.80 Å². The summed E-state index contributed by atoms with van der Waals surface area (Å²) in [7, 11) is 0. The Morgan fingerprint density at radius 1 is 0.400 bits per heavy atom. The zero-order chi connectivity index (χ0) is 28.7. The summed E-state index contributed by atoms with van der Waals surface area (Å²) in [6, 6.07) is 21.2. The first-order chi connectivity index (χ1) is 18.8. The number of rotatable bonds is 2. The Morgan fingerprint density at radius 2 is 0.650 bits per heavy atom. The molecule has 0 aromatic heterocycles. The number of anilines is 2. The molecule has 200 valence electrons. The predicted octanol–water partition coefficient (Wildman–Crippen LogP) is 7.04. The molecule has 0 N–H and O–H groups in total. The second kappa shape index (κ2) is 8.46. The molecule has 6 heteroatoms. The third kappa shape index (κ3) is 3.70. The summed E-state index contributed by atoms with van der Waals surface area (Å²) in [5.74, 6) is -1.93. The van der Waals surface area contributed by atoms with Gasteiger partial charge in [-0.15, -0.1) is 0 Å². The Labute approximate surface area is 233 Å². The maximum absolute atomic E-state index is 13.7. The summed E-state index contributed by atoms with van der Waals surface area (Å²) in [5, 5.41) is 0.717. The van der Waals surface area contributed by atoms with Gasteiger partial charge in [-0.1, -0.05) is 65.8 Å². The molecule has 0 spiro atoms. The van der Waals surface area contributed by atoms with E-state index in [0.29, 0.717) is 44.4 Å². The molecular formula is C34H30N2O4. The number of hydrogen-bond donors (Lipinski definition) is 0. The smallest absolute Gasteiger partial charge is 0.265 e. The highest BCUT2D eigenvalue weighted by Crippen LogP contribution is 2.40. The molecule has 6 rings (SSSR count). The normalized spacial score (nSPS) is 15.3. The summed E-state index contributed by atoms with van der Waals surface area (Å²) >= 11 is 0. The van der Waals surface area contributed by atoms with Crippen molar-refractivity contribution in [1.29, 1.82) is 0 Å². The molecule has 2 heterocycles. The van der Waals surface area contributed by atoms with Crippen molar-refractivity contribution < 1.29 is 19.2 Å². The van der Waals surface area contributed by atoms with Gasteiger partial charge in [0.1, 0.15) is 0 Å². The van der Waals surface area contributed by atoms with Crippen LogP contribution >= 0.6 is 0 Å². The Kier molecular flexibility index (Phi) is 5.43.